The van der Waals surface area contributed by atoms with E-state index < -0.39 is 0 Å². The van der Waals surface area contributed by atoms with Crippen molar-refractivity contribution < 1.29 is 4.42 Å². The number of rotatable bonds is 1. The molecule has 0 saturated carbocycles. The van der Waals surface area contributed by atoms with E-state index in [4.69, 9.17) is 4.42 Å². The Bertz CT molecular complexity index is 179. The number of oxazole rings is 1. The minimum atomic E-state index is 0.765. The quantitative estimate of drug-likeness (QED) is 0.556. The van der Waals surface area contributed by atoms with E-state index in [1.165, 1.54) is 6.42 Å². The van der Waals surface area contributed by atoms with Crippen LogP contribution >= 0.6 is 0 Å². The highest BCUT2D eigenvalue weighted by Crippen LogP contribution is 2.16. The van der Waals surface area contributed by atoms with Gasteiger partial charge in [0.25, 0.3) is 6.01 Å². The summed E-state index contributed by atoms with van der Waals surface area (Å²) >= 11 is 0. The summed E-state index contributed by atoms with van der Waals surface area (Å²) in [6, 6.07) is 0.765. The summed E-state index contributed by atoms with van der Waals surface area (Å²) in [5.74, 6) is 0. The Morgan fingerprint density at radius 2 is 2.44 bits per heavy atom. The molecule has 0 aliphatic carbocycles. The van der Waals surface area contributed by atoms with Gasteiger partial charge in [0.05, 0.1) is 6.20 Å². The zero-order chi connectivity index (χ0) is 6.10. The molecule has 1 aliphatic rings. The predicted octanol–water partition coefficient (Wildman–Crippen LogP) is 0.885. The van der Waals surface area contributed by atoms with Crippen molar-refractivity contribution in [3.63, 3.8) is 0 Å². The smallest absolute Gasteiger partial charge is 0.297 e. The Morgan fingerprint density at radius 3 is 2.89 bits per heavy atom. The van der Waals surface area contributed by atoms with Crippen LogP contribution in [0, 0.1) is 0 Å². The highest BCUT2D eigenvalue weighted by Gasteiger charge is 2.17. The molecule has 1 fully saturated rings. The van der Waals surface area contributed by atoms with Crippen LogP contribution < -0.4 is 4.90 Å². The molecule has 3 heteroatoms. The molecule has 1 aromatic heterocycles. The van der Waals surface area contributed by atoms with Crippen molar-refractivity contribution in [3.8, 4) is 0 Å². The zero-order valence-electron chi connectivity index (χ0n) is 5.08. The second-order valence-electron chi connectivity index (χ2n) is 2.16. The van der Waals surface area contributed by atoms with E-state index in [0.29, 0.717) is 0 Å². The first kappa shape index (κ1) is 4.85. The lowest BCUT2D eigenvalue weighted by Gasteiger charge is -2.28. The third-order valence-corrected chi connectivity index (χ3v) is 1.55. The van der Waals surface area contributed by atoms with Crippen molar-refractivity contribution in [1.29, 1.82) is 0 Å². The summed E-state index contributed by atoms with van der Waals surface area (Å²) in [5.41, 5.74) is 0. The number of aromatic nitrogens is 1. The average molecular weight is 124 g/mol. The molecule has 1 saturated heterocycles. The van der Waals surface area contributed by atoms with Gasteiger partial charge in [0.15, 0.2) is 0 Å². The Balaban J connectivity index is 2.14. The standard InChI is InChI=1S/C6H8N2O/c1-3-8(4-1)6-7-2-5-9-6/h2,5H,1,3-4H2. The van der Waals surface area contributed by atoms with Crippen LogP contribution in [0.1, 0.15) is 6.42 Å². The SMILES string of the molecule is c1coc(N2CCC2)n1. The maximum Gasteiger partial charge on any atom is 0.297 e. The number of hydrogen-bond donors (Lipinski definition) is 0. The van der Waals surface area contributed by atoms with Gasteiger partial charge in [-0.15, -0.1) is 0 Å². The molecule has 1 aromatic rings. The second-order valence-corrected chi connectivity index (χ2v) is 2.16. The second kappa shape index (κ2) is 1.76. The summed E-state index contributed by atoms with van der Waals surface area (Å²) < 4.78 is 5.05. The molecule has 0 spiro atoms. The first-order chi connectivity index (χ1) is 4.47. The summed E-state index contributed by atoms with van der Waals surface area (Å²) in [5, 5.41) is 0. The maximum absolute atomic E-state index is 5.05. The minimum Gasteiger partial charge on any atom is -0.432 e. The fraction of sp³-hybridized carbons (Fsp3) is 0.500. The van der Waals surface area contributed by atoms with Gasteiger partial charge in [-0.05, 0) is 6.42 Å². The predicted molar refractivity (Wildman–Crippen MR) is 33.3 cm³/mol. The van der Waals surface area contributed by atoms with Crippen LogP contribution in [-0.2, 0) is 0 Å². The largest absolute Gasteiger partial charge is 0.432 e. The van der Waals surface area contributed by atoms with E-state index in [2.05, 4.69) is 9.88 Å². The van der Waals surface area contributed by atoms with Gasteiger partial charge in [-0.3, -0.25) is 0 Å². The molecule has 0 bridgehead atoms. The molecule has 0 unspecified atom stereocenters. The van der Waals surface area contributed by atoms with Crippen LogP contribution in [0.3, 0.4) is 0 Å². The van der Waals surface area contributed by atoms with Crippen molar-refractivity contribution in [2.24, 2.45) is 0 Å². The summed E-state index contributed by atoms with van der Waals surface area (Å²) in [7, 11) is 0. The lowest BCUT2D eigenvalue weighted by Crippen LogP contribution is -2.37. The lowest BCUT2D eigenvalue weighted by atomic mass is 10.2. The number of nitrogens with zero attached hydrogens (tertiary/aromatic N) is 2. The summed E-state index contributed by atoms with van der Waals surface area (Å²) in [6.07, 6.45) is 4.55. The molecule has 3 nitrogen and oxygen atoms in total. The third kappa shape index (κ3) is 0.686. The fourth-order valence-corrected chi connectivity index (χ4v) is 0.880. The van der Waals surface area contributed by atoms with Gasteiger partial charge in [0, 0.05) is 13.1 Å². The van der Waals surface area contributed by atoms with Crippen LogP contribution in [0.4, 0.5) is 6.01 Å². The summed E-state index contributed by atoms with van der Waals surface area (Å²) in [4.78, 5) is 6.11. The van der Waals surface area contributed by atoms with Gasteiger partial charge in [0.1, 0.15) is 6.26 Å². The molecule has 48 valence electrons. The van der Waals surface area contributed by atoms with E-state index in [9.17, 15) is 0 Å². The Kier molecular flexibility index (Phi) is 0.946. The molecular weight excluding hydrogens is 116 g/mol. The average Bonchev–Trinajstić information content (AvgIpc) is 2.11. The van der Waals surface area contributed by atoms with E-state index in [1.807, 2.05) is 0 Å². The van der Waals surface area contributed by atoms with Gasteiger partial charge in [-0.1, -0.05) is 0 Å². The number of anilines is 1. The molecule has 0 N–H and O–H groups in total. The fourth-order valence-electron chi connectivity index (χ4n) is 0.880. The topological polar surface area (TPSA) is 29.3 Å². The van der Waals surface area contributed by atoms with Crippen molar-refractivity contribution >= 4 is 6.01 Å². The maximum atomic E-state index is 5.05. The number of hydrogen-bond acceptors (Lipinski definition) is 3. The highest BCUT2D eigenvalue weighted by atomic mass is 16.4. The van der Waals surface area contributed by atoms with Crippen LogP contribution in [0.2, 0.25) is 0 Å². The lowest BCUT2D eigenvalue weighted by molar-refractivity contribution is 0.489. The van der Waals surface area contributed by atoms with Gasteiger partial charge < -0.3 is 9.32 Å². The molecule has 0 amide bonds. The normalized spacial score (nSPS) is 17.6. The molecule has 0 atom stereocenters. The Hall–Kier alpha value is -0.990. The molecule has 1 aliphatic heterocycles. The van der Waals surface area contributed by atoms with Crippen molar-refractivity contribution in [3.05, 3.63) is 12.5 Å². The van der Waals surface area contributed by atoms with Crippen LogP contribution in [0.15, 0.2) is 16.9 Å². The van der Waals surface area contributed by atoms with Crippen molar-refractivity contribution in [2.45, 2.75) is 6.42 Å². The van der Waals surface area contributed by atoms with Gasteiger partial charge in [-0.2, -0.15) is 0 Å². The molecule has 2 rings (SSSR count). The van der Waals surface area contributed by atoms with Crippen molar-refractivity contribution in [2.75, 3.05) is 18.0 Å². The molecule has 9 heavy (non-hydrogen) atoms. The first-order valence-corrected chi connectivity index (χ1v) is 3.11. The van der Waals surface area contributed by atoms with Gasteiger partial charge >= 0.3 is 0 Å². The Labute approximate surface area is 53.3 Å². The van der Waals surface area contributed by atoms with Crippen LogP contribution in [-0.4, -0.2) is 18.1 Å². The molecule has 0 aromatic carbocycles. The van der Waals surface area contributed by atoms with Crippen LogP contribution in [0.5, 0.6) is 0 Å². The highest BCUT2D eigenvalue weighted by molar-refractivity contribution is 5.27. The first-order valence-electron chi connectivity index (χ1n) is 3.11. The minimum absolute atomic E-state index is 0.765. The third-order valence-electron chi connectivity index (χ3n) is 1.55. The van der Waals surface area contributed by atoms with Crippen LogP contribution in [0.25, 0.3) is 0 Å². The zero-order valence-corrected chi connectivity index (χ0v) is 5.08. The molecule has 2 heterocycles. The summed E-state index contributed by atoms with van der Waals surface area (Å²) in [6.45, 7) is 2.20. The van der Waals surface area contributed by atoms with Gasteiger partial charge in [0.2, 0.25) is 0 Å². The molecular formula is C6H8N2O. The van der Waals surface area contributed by atoms with Gasteiger partial charge in [-0.25, -0.2) is 4.98 Å². The Morgan fingerprint density at radius 1 is 1.56 bits per heavy atom. The monoisotopic (exact) mass is 124 g/mol. The van der Waals surface area contributed by atoms with E-state index in [1.54, 1.807) is 12.5 Å². The molecule has 0 radical (unpaired) electrons. The van der Waals surface area contributed by atoms with E-state index >= 15 is 0 Å². The van der Waals surface area contributed by atoms with E-state index in [-0.39, 0.29) is 0 Å². The van der Waals surface area contributed by atoms with E-state index in [0.717, 1.165) is 19.1 Å². The van der Waals surface area contributed by atoms with Crippen molar-refractivity contribution in [1.82, 2.24) is 4.98 Å².